The maximum Gasteiger partial charge on any atom is 0.325 e. The lowest BCUT2D eigenvalue weighted by Gasteiger charge is -2.24. The van der Waals surface area contributed by atoms with Crippen molar-refractivity contribution in [1.82, 2.24) is 4.31 Å². The molecule has 0 spiro atoms. The number of sulfonamides is 1. The van der Waals surface area contributed by atoms with Crippen molar-refractivity contribution in [3.63, 3.8) is 0 Å². The molecule has 2 atom stereocenters. The predicted octanol–water partition coefficient (Wildman–Crippen LogP) is 2.02. The Balaban J connectivity index is 1.73. The van der Waals surface area contributed by atoms with Crippen LogP contribution < -0.4 is 4.90 Å². The summed E-state index contributed by atoms with van der Waals surface area (Å²) in [5.41, 5.74) is 2.42. The van der Waals surface area contributed by atoms with E-state index < -0.39 is 40.7 Å². The van der Waals surface area contributed by atoms with Gasteiger partial charge in [0.1, 0.15) is 6.04 Å². The Labute approximate surface area is 188 Å². The van der Waals surface area contributed by atoms with E-state index in [1.54, 1.807) is 50.2 Å². The highest BCUT2D eigenvalue weighted by atomic mass is 32.2. The summed E-state index contributed by atoms with van der Waals surface area (Å²) in [5, 5.41) is 10.1. The Morgan fingerprint density at radius 3 is 2.44 bits per heavy atom. The number of ether oxygens (including phenoxy) is 1. The van der Waals surface area contributed by atoms with E-state index in [9.17, 15) is 23.1 Å². The van der Waals surface area contributed by atoms with Gasteiger partial charge in [0.05, 0.1) is 11.0 Å². The van der Waals surface area contributed by atoms with Gasteiger partial charge in [-0.05, 0) is 56.2 Å². The molecular formula is C23H28N2O6S. The number of aryl methyl sites for hydroxylation is 2. The van der Waals surface area contributed by atoms with Gasteiger partial charge in [0.25, 0.3) is 5.91 Å². The number of β-amino-alcohol motifs (C(OH)–C–C–N with tert-alkyl or cyclic N) is 1. The number of aliphatic hydroxyl groups is 1. The monoisotopic (exact) mass is 460 g/mol. The van der Waals surface area contributed by atoms with Crippen molar-refractivity contribution < 1.29 is 27.9 Å². The fourth-order valence-electron chi connectivity index (χ4n) is 3.69. The van der Waals surface area contributed by atoms with Crippen LogP contribution in [0.15, 0.2) is 53.4 Å². The van der Waals surface area contributed by atoms with Crippen LogP contribution in [0.3, 0.4) is 0 Å². The molecule has 8 nitrogen and oxygen atoms in total. The topological polar surface area (TPSA) is 104 Å². The lowest BCUT2D eigenvalue weighted by Crippen LogP contribution is -2.43. The van der Waals surface area contributed by atoms with Crippen molar-refractivity contribution in [1.29, 1.82) is 0 Å². The molecule has 1 aliphatic rings. The van der Waals surface area contributed by atoms with Crippen LogP contribution in [0, 0.1) is 13.8 Å². The summed E-state index contributed by atoms with van der Waals surface area (Å²) in [7, 11) is -4.03. The standard InChI is InChI=1S/C23H28N2O6S/c1-4-24(18-8-6-5-7-9-18)22(27)15-31-23(28)21-13-19(26)14-25(21)32(29,30)20-11-10-16(2)17(3)12-20/h5-12,19,21,26H,4,13-15H2,1-3H3/t19?,21-/m0/s1. The smallest absolute Gasteiger partial charge is 0.325 e. The molecule has 172 valence electrons. The lowest BCUT2D eigenvalue weighted by atomic mass is 10.1. The minimum Gasteiger partial charge on any atom is -0.454 e. The number of aliphatic hydroxyl groups excluding tert-OH is 1. The third-order valence-corrected chi connectivity index (χ3v) is 7.48. The third-order valence-electron chi connectivity index (χ3n) is 5.61. The average molecular weight is 461 g/mol. The summed E-state index contributed by atoms with van der Waals surface area (Å²) in [6.45, 7) is 5.13. The molecule has 1 N–H and O–H groups in total. The number of anilines is 1. The highest BCUT2D eigenvalue weighted by molar-refractivity contribution is 7.89. The molecule has 1 aliphatic heterocycles. The van der Waals surface area contributed by atoms with Gasteiger partial charge in [-0.15, -0.1) is 0 Å². The summed E-state index contributed by atoms with van der Waals surface area (Å²) in [5.74, 6) is -1.28. The Bertz CT molecular complexity index is 1090. The number of amides is 1. The second-order valence-electron chi connectivity index (χ2n) is 7.81. The fraction of sp³-hybridized carbons (Fsp3) is 0.391. The molecule has 2 aromatic rings. The van der Waals surface area contributed by atoms with Crippen LogP contribution in [0.5, 0.6) is 0 Å². The van der Waals surface area contributed by atoms with Gasteiger partial charge in [0.2, 0.25) is 10.0 Å². The highest BCUT2D eigenvalue weighted by Gasteiger charge is 2.44. The van der Waals surface area contributed by atoms with Crippen molar-refractivity contribution >= 4 is 27.6 Å². The Kier molecular flexibility index (Phi) is 7.33. The van der Waals surface area contributed by atoms with Crippen molar-refractivity contribution in [2.75, 3.05) is 24.6 Å². The van der Waals surface area contributed by atoms with E-state index in [4.69, 9.17) is 4.74 Å². The van der Waals surface area contributed by atoms with E-state index in [1.165, 1.54) is 11.0 Å². The molecule has 1 saturated heterocycles. The molecular weight excluding hydrogens is 432 g/mol. The summed E-state index contributed by atoms with van der Waals surface area (Å²) < 4.78 is 32.5. The molecule has 1 fully saturated rings. The SMILES string of the molecule is CCN(C(=O)COC(=O)[C@@H]1CC(O)CN1S(=O)(=O)c1ccc(C)c(C)c1)c1ccccc1. The Morgan fingerprint density at radius 2 is 1.81 bits per heavy atom. The first-order chi connectivity index (χ1) is 15.1. The Morgan fingerprint density at radius 1 is 1.12 bits per heavy atom. The zero-order valence-corrected chi connectivity index (χ0v) is 19.2. The molecule has 0 saturated carbocycles. The molecule has 0 aromatic heterocycles. The van der Waals surface area contributed by atoms with Gasteiger partial charge < -0.3 is 14.7 Å². The quantitative estimate of drug-likeness (QED) is 0.634. The van der Waals surface area contributed by atoms with Gasteiger partial charge in [-0.2, -0.15) is 4.31 Å². The number of carbonyl (C=O) groups is 2. The second kappa shape index (κ2) is 9.81. The maximum atomic E-state index is 13.2. The molecule has 3 rings (SSSR count). The van der Waals surface area contributed by atoms with Crippen molar-refractivity contribution in [2.45, 2.75) is 44.2 Å². The molecule has 0 bridgehead atoms. The van der Waals surface area contributed by atoms with Crippen molar-refractivity contribution in [3.05, 3.63) is 59.7 Å². The number of esters is 1. The molecule has 0 aliphatic carbocycles. The van der Waals surface area contributed by atoms with E-state index in [2.05, 4.69) is 0 Å². The zero-order valence-electron chi connectivity index (χ0n) is 18.4. The number of benzene rings is 2. The number of likely N-dealkylation sites (N-methyl/N-ethyl adjacent to an activating group) is 1. The third kappa shape index (κ3) is 5.01. The van der Waals surface area contributed by atoms with E-state index in [-0.39, 0.29) is 17.9 Å². The van der Waals surface area contributed by atoms with E-state index in [0.29, 0.717) is 12.2 Å². The van der Waals surface area contributed by atoms with Crippen LogP contribution in [0.2, 0.25) is 0 Å². The second-order valence-corrected chi connectivity index (χ2v) is 9.70. The first kappa shape index (κ1) is 23.9. The number of hydrogen-bond donors (Lipinski definition) is 1. The summed E-state index contributed by atoms with van der Waals surface area (Å²) >= 11 is 0. The first-order valence-electron chi connectivity index (χ1n) is 10.4. The maximum absolute atomic E-state index is 13.2. The lowest BCUT2D eigenvalue weighted by molar-refractivity contribution is -0.151. The number of para-hydroxylation sites is 1. The molecule has 9 heteroatoms. The first-order valence-corrected chi connectivity index (χ1v) is 11.9. The zero-order chi connectivity index (χ0) is 23.5. The van der Waals surface area contributed by atoms with Crippen LogP contribution in [-0.4, -0.2) is 61.5 Å². The van der Waals surface area contributed by atoms with Crippen molar-refractivity contribution in [2.24, 2.45) is 0 Å². The minimum absolute atomic E-state index is 0.0461. The molecule has 2 aromatic carbocycles. The van der Waals surface area contributed by atoms with Gasteiger partial charge in [0.15, 0.2) is 6.61 Å². The normalized spacial score (nSPS) is 19.0. The fourth-order valence-corrected chi connectivity index (χ4v) is 5.40. The van der Waals surface area contributed by atoms with Crippen LogP contribution in [0.4, 0.5) is 5.69 Å². The molecule has 1 heterocycles. The molecule has 1 amide bonds. The number of hydrogen-bond acceptors (Lipinski definition) is 6. The van der Waals surface area contributed by atoms with Gasteiger partial charge >= 0.3 is 5.97 Å². The summed E-state index contributed by atoms with van der Waals surface area (Å²) in [6.07, 6.45) is -1.09. The highest BCUT2D eigenvalue weighted by Crippen LogP contribution is 2.28. The number of carbonyl (C=O) groups excluding carboxylic acids is 2. The van der Waals surface area contributed by atoms with E-state index in [0.717, 1.165) is 15.4 Å². The van der Waals surface area contributed by atoms with Gasteiger partial charge in [-0.3, -0.25) is 9.59 Å². The predicted molar refractivity (Wildman–Crippen MR) is 120 cm³/mol. The van der Waals surface area contributed by atoms with Crippen LogP contribution in [0.25, 0.3) is 0 Å². The van der Waals surface area contributed by atoms with Gasteiger partial charge in [-0.25, -0.2) is 8.42 Å². The van der Waals surface area contributed by atoms with Crippen molar-refractivity contribution in [3.8, 4) is 0 Å². The largest absolute Gasteiger partial charge is 0.454 e. The van der Waals surface area contributed by atoms with Gasteiger partial charge in [-0.1, -0.05) is 24.3 Å². The average Bonchev–Trinajstić information content (AvgIpc) is 3.18. The van der Waals surface area contributed by atoms with Gasteiger partial charge in [0, 0.05) is 25.2 Å². The van der Waals surface area contributed by atoms with E-state index in [1.807, 2.05) is 13.0 Å². The molecule has 0 radical (unpaired) electrons. The molecule has 32 heavy (non-hydrogen) atoms. The van der Waals surface area contributed by atoms with Crippen LogP contribution in [-0.2, 0) is 24.3 Å². The summed E-state index contributed by atoms with van der Waals surface area (Å²) in [4.78, 5) is 26.9. The van der Waals surface area contributed by atoms with E-state index >= 15 is 0 Å². The minimum atomic E-state index is -4.03. The van der Waals surface area contributed by atoms with Crippen LogP contribution >= 0.6 is 0 Å². The number of rotatable bonds is 7. The molecule has 1 unspecified atom stereocenters. The number of nitrogens with zero attached hydrogens (tertiary/aromatic N) is 2. The van der Waals surface area contributed by atoms with Crippen LogP contribution in [0.1, 0.15) is 24.5 Å². The Hall–Kier alpha value is -2.75. The summed E-state index contributed by atoms with van der Waals surface area (Å²) in [6, 6.07) is 12.5.